The van der Waals surface area contributed by atoms with Crippen LogP contribution in [0.2, 0.25) is 0 Å². The third kappa shape index (κ3) is 6.14. The van der Waals surface area contributed by atoms with E-state index in [0.717, 1.165) is 5.56 Å². The lowest BCUT2D eigenvalue weighted by molar-refractivity contribution is -0.139. The number of hydrogen-bond donors (Lipinski definition) is 0. The minimum Gasteiger partial charge on any atom is -0.493 e. The average molecular weight is 668 g/mol. The molecule has 0 spiro atoms. The number of rotatable bonds is 9. The Hall–Kier alpha value is -4.22. The van der Waals surface area contributed by atoms with Crippen molar-refractivity contribution in [2.24, 2.45) is 4.99 Å². The van der Waals surface area contributed by atoms with Crippen molar-refractivity contribution < 1.29 is 28.1 Å². The smallest absolute Gasteiger partial charge is 0.338 e. The van der Waals surface area contributed by atoms with Crippen molar-refractivity contribution in [1.82, 2.24) is 4.57 Å². The number of benzene rings is 3. The van der Waals surface area contributed by atoms with E-state index >= 15 is 0 Å². The van der Waals surface area contributed by atoms with Gasteiger partial charge in [0.25, 0.3) is 5.56 Å². The molecule has 1 aliphatic heterocycles. The quantitative estimate of drug-likeness (QED) is 0.226. The minimum atomic E-state index is -0.850. The fraction of sp³-hybridized carbons (Fsp3) is 0.219. The number of fused-ring (bicyclic) bond motifs is 1. The summed E-state index contributed by atoms with van der Waals surface area (Å²) in [6.45, 7) is 3.83. The number of esters is 1. The Kier molecular flexibility index (Phi) is 9.12. The van der Waals surface area contributed by atoms with Crippen molar-refractivity contribution in [3.8, 4) is 17.2 Å². The fourth-order valence-corrected chi connectivity index (χ4v) is 6.36. The first-order valence-electron chi connectivity index (χ1n) is 13.3. The van der Waals surface area contributed by atoms with Crippen LogP contribution in [0, 0.1) is 5.82 Å². The molecule has 11 heteroatoms. The van der Waals surface area contributed by atoms with E-state index in [9.17, 15) is 14.0 Å². The maximum atomic E-state index is 14.1. The van der Waals surface area contributed by atoms with Gasteiger partial charge in [0.2, 0.25) is 0 Å². The van der Waals surface area contributed by atoms with Crippen LogP contribution in [0.15, 0.2) is 86.2 Å². The molecule has 0 fully saturated rings. The molecule has 222 valence electrons. The van der Waals surface area contributed by atoms with Crippen LogP contribution in [-0.4, -0.2) is 31.4 Å². The van der Waals surface area contributed by atoms with Gasteiger partial charge in [-0.3, -0.25) is 9.36 Å². The Morgan fingerprint density at radius 2 is 1.77 bits per heavy atom. The molecular weight excluding hydrogens is 639 g/mol. The second-order valence-corrected chi connectivity index (χ2v) is 11.3. The van der Waals surface area contributed by atoms with E-state index in [0.29, 0.717) is 47.9 Å². The summed E-state index contributed by atoms with van der Waals surface area (Å²) in [7, 11) is 3.05. The topological polar surface area (TPSA) is 88.4 Å². The molecule has 5 rings (SSSR count). The monoisotopic (exact) mass is 666 g/mol. The summed E-state index contributed by atoms with van der Waals surface area (Å²) in [5.74, 6) is 0.595. The Labute approximate surface area is 259 Å². The highest BCUT2D eigenvalue weighted by molar-refractivity contribution is 9.10. The van der Waals surface area contributed by atoms with Gasteiger partial charge >= 0.3 is 5.97 Å². The molecule has 0 unspecified atom stereocenters. The molecule has 0 saturated heterocycles. The van der Waals surface area contributed by atoms with Crippen molar-refractivity contribution in [2.45, 2.75) is 26.5 Å². The number of nitrogens with zero attached hydrogens (tertiary/aromatic N) is 2. The number of halogens is 2. The van der Waals surface area contributed by atoms with E-state index in [-0.39, 0.29) is 30.2 Å². The van der Waals surface area contributed by atoms with Gasteiger partial charge in [-0.15, -0.1) is 0 Å². The van der Waals surface area contributed by atoms with Crippen molar-refractivity contribution in [2.75, 3.05) is 20.8 Å². The maximum Gasteiger partial charge on any atom is 0.338 e. The van der Waals surface area contributed by atoms with E-state index in [4.69, 9.17) is 18.9 Å². The Morgan fingerprint density at radius 1 is 1.07 bits per heavy atom. The molecule has 0 aliphatic carbocycles. The van der Waals surface area contributed by atoms with E-state index in [1.807, 2.05) is 18.2 Å². The summed E-state index contributed by atoms with van der Waals surface area (Å²) in [5.41, 5.74) is 2.44. The zero-order valence-corrected chi connectivity index (χ0v) is 26.3. The van der Waals surface area contributed by atoms with Crippen LogP contribution < -0.4 is 29.1 Å². The standard InChI is InChI=1S/C32H28BrFN2O6S/c1-5-41-31(38)28-18(2)35-32-36(29(28)22-15-25(39-3)26(40-4)16-23(22)33)30(37)27(43-32)14-20-8-6-7-9-24(20)42-17-19-10-12-21(34)13-11-19/h6-16,29H,5,17H2,1-4H3/b27-14-/t29-/m0/s1. The molecule has 0 N–H and O–H groups in total. The zero-order chi connectivity index (χ0) is 30.7. The second kappa shape index (κ2) is 13.0. The predicted molar refractivity (Wildman–Crippen MR) is 165 cm³/mol. The van der Waals surface area contributed by atoms with Crippen LogP contribution in [0.1, 0.15) is 36.6 Å². The highest BCUT2D eigenvalue weighted by atomic mass is 79.9. The molecule has 1 aliphatic rings. The van der Waals surface area contributed by atoms with Gasteiger partial charge < -0.3 is 18.9 Å². The summed E-state index contributed by atoms with van der Waals surface area (Å²) >= 11 is 4.82. The fourth-order valence-electron chi connectivity index (χ4n) is 4.78. The number of methoxy groups -OCH3 is 2. The number of aromatic nitrogens is 1. The van der Waals surface area contributed by atoms with Crippen molar-refractivity contribution in [3.05, 3.63) is 119 Å². The summed E-state index contributed by atoms with van der Waals surface area (Å²) in [6.07, 6.45) is 1.74. The lowest BCUT2D eigenvalue weighted by Gasteiger charge is -2.26. The third-order valence-corrected chi connectivity index (χ3v) is 8.50. The highest BCUT2D eigenvalue weighted by Crippen LogP contribution is 2.40. The van der Waals surface area contributed by atoms with E-state index in [1.165, 1.54) is 42.3 Å². The molecule has 8 nitrogen and oxygen atoms in total. The molecule has 4 aromatic rings. The molecule has 0 bridgehead atoms. The van der Waals surface area contributed by atoms with Crippen molar-refractivity contribution >= 4 is 39.3 Å². The molecule has 2 heterocycles. The molecular formula is C32H28BrFN2O6S. The van der Waals surface area contributed by atoms with Crippen LogP contribution in [0.3, 0.4) is 0 Å². The molecule has 0 saturated carbocycles. The van der Waals surface area contributed by atoms with Gasteiger partial charge in [0.15, 0.2) is 16.3 Å². The predicted octanol–water partition coefficient (Wildman–Crippen LogP) is 5.30. The average Bonchev–Trinajstić information content (AvgIpc) is 3.30. The van der Waals surface area contributed by atoms with Crippen LogP contribution in [0.5, 0.6) is 17.2 Å². The van der Waals surface area contributed by atoms with Gasteiger partial charge in [0.05, 0.1) is 42.7 Å². The summed E-state index contributed by atoms with van der Waals surface area (Å²) < 4.78 is 38.3. The lowest BCUT2D eigenvalue weighted by Crippen LogP contribution is -2.40. The molecule has 1 atom stereocenters. The minimum absolute atomic E-state index is 0.161. The van der Waals surface area contributed by atoms with Gasteiger partial charge in [0, 0.05) is 10.0 Å². The van der Waals surface area contributed by atoms with Crippen LogP contribution in [0.25, 0.3) is 6.08 Å². The second-order valence-electron chi connectivity index (χ2n) is 9.48. The van der Waals surface area contributed by atoms with Gasteiger partial charge in [-0.2, -0.15) is 0 Å². The van der Waals surface area contributed by atoms with Gasteiger partial charge in [-0.1, -0.05) is 57.6 Å². The van der Waals surface area contributed by atoms with Crippen LogP contribution in [-0.2, 0) is 16.1 Å². The van der Waals surface area contributed by atoms with Crippen LogP contribution >= 0.6 is 27.3 Å². The number of ether oxygens (including phenoxy) is 4. The molecule has 3 aromatic carbocycles. The molecule has 0 radical (unpaired) electrons. The number of hydrogen-bond acceptors (Lipinski definition) is 8. The first-order chi connectivity index (χ1) is 20.7. The first-order valence-corrected chi connectivity index (χ1v) is 14.9. The lowest BCUT2D eigenvalue weighted by atomic mass is 9.95. The zero-order valence-electron chi connectivity index (χ0n) is 23.9. The van der Waals surface area contributed by atoms with Gasteiger partial charge in [0.1, 0.15) is 18.2 Å². The van der Waals surface area contributed by atoms with Gasteiger partial charge in [-0.25, -0.2) is 14.2 Å². The summed E-state index contributed by atoms with van der Waals surface area (Å²) in [4.78, 5) is 32.5. The molecule has 1 aromatic heterocycles. The highest BCUT2D eigenvalue weighted by Gasteiger charge is 2.35. The van der Waals surface area contributed by atoms with Gasteiger partial charge in [-0.05, 0) is 61.4 Å². The van der Waals surface area contributed by atoms with Crippen molar-refractivity contribution in [3.63, 3.8) is 0 Å². The molecule has 43 heavy (non-hydrogen) atoms. The number of carbonyl (C=O) groups excluding carboxylic acids is 1. The van der Waals surface area contributed by atoms with E-state index in [2.05, 4.69) is 20.9 Å². The summed E-state index contributed by atoms with van der Waals surface area (Å²) in [5, 5.41) is 0. The largest absolute Gasteiger partial charge is 0.493 e. The number of thiazole rings is 1. The first kappa shape index (κ1) is 30.2. The number of carbonyl (C=O) groups is 1. The Balaban J connectivity index is 1.64. The van der Waals surface area contributed by atoms with Crippen LogP contribution in [0.4, 0.5) is 4.39 Å². The van der Waals surface area contributed by atoms with Crippen molar-refractivity contribution in [1.29, 1.82) is 0 Å². The summed E-state index contributed by atoms with van der Waals surface area (Å²) in [6, 6.07) is 16.0. The number of para-hydroxylation sites is 1. The maximum absolute atomic E-state index is 14.1. The van der Waals surface area contributed by atoms with E-state index in [1.54, 1.807) is 50.3 Å². The SMILES string of the molecule is CCOC(=O)C1=C(C)N=c2s/c(=C\c3ccccc3OCc3ccc(F)cc3)c(=O)n2[C@H]1c1cc(OC)c(OC)cc1Br. The Bertz CT molecular complexity index is 1900. The Morgan fingerprint density at radius 3 is 2.47 bits per heavy atom. The third-order valence-electron chi connectivity index (χ3n) is 6.83. The normalized spacial score (nSPS) is 14.7. The molecule has 0 amide bonds. The van der Waals surface area contributed by atoms with E-state index < -0.39 is 12.0 Å². The number of allylic oxidation sites excluding steroid dienone is 1.